The molecule has 0 spiro atoms. The van der Waals surface area contributed by atoms with Gasteiger partial charge in [0.2, 0.25) is 12.1 Å². The molecule has 1 aromatic heterocycles. The van der Waals surface area contributed by atoms with Crippen molar-refractivity contribution in [3.63, 3.8) is 0 Å². The number of rotatable bonds is 6. The lowest BCUT2D eigenvalue weighted by molar-refractivity contribution is -0.127. The molecule has 0 radical (unpaired) electrons. The Balaban J connectivity index is 1.32. The van der Waals surface area contributed by atoms with Crippen LogP contribution in [0.4, 0.5) is 10.1 Å². The number of nitrogens with one attached hydrogen (secondary N) is 1. The van der Waals surface area contributed by atoms with Crippen LogP contribution in [0.5, 0.6) is 0 Å². The molecule has 2 heterocycles. The van der Waals surface area contributed by atoms with Gasteiger partial charge in [0.15, 0.2) is 0 Å². The van der Waals surface area contributed by atoms with Crippen molar-refractivity contribution in [3.05, 3.63) is 66.2 Å². The maximum Gasteiger partial charge on any atom is 0.225 e. The van der Waals surface area contributed by atoms with Gasteiger partial charge in [-0.15, -0.1) is 4.36 Å². The molecule has 6 rings (SSSR count). The first-order valence-electron chi connectivity index (χ1n) is 14.4. The minimum Gasteiger partial charge on any atom is -0.370 e. The largest absolute Gasteiger partial charge is 0.370 e. The van der Waals surface area contributed by atoms with Crippen molar-refractivity contribution < 1.29 is 13.4 Å². The van der Waals surface area contributed by atoms with Crippen LogP contribution < -0.4 is 10.2 Å². The Bertz CT molecular complexity index is 1680. The molecule has 216 valence electrons. The second-order valence-corrected chi connectivity index (χ2v) is 14.0. The van der Waals surface area contributed by atoms with Crippen LogP contribution in [0, 0.1) is 34.5 Å². The van der Waals surface area contributed by atoms with Gasteiger partial charge in [0.1, 0.15) is 11.4 Å². The monoisotopic (exact) mass is 585 g/mol. The summed E-state index contributed by atoms with van der Waals surface area (Å²) in [6.45, 7) is 1.11. The van der Waals surface area contributed by atoms with Crippen LogP contribution in [0.3, 0.4) is 0 Å². The molecule has 2 atom stereocenters. The van der Waals surface area contributed by atoms with Gasteiger partial charge in [0.25, 0.3) is 0 Å². The molecule has 0 bridgehead atoms. The van der Waals surface area contributed by atoms with Crippen LogP contribution in [-0.2, 0) is 14.5 Å². The normalized spacial score (nSPS) is 22.4. The first-order chi connectivity index (χ1) is 20.3. The van der Waals surface area contributed by atoms with Crippen LogP contribution in [-0.4, -0.2) is 50.0 Å². The van der Waals surface area contributed by atoms with Crippen LogP contribution in [0.2, 0.25) is 0 Å². The number of halogens is 1. The Morgan fingerprint density at radius 2 is 1.69 bits per heavy atom. The van der Waals surface area contributed by atoms with E-state index in [0.717, 1.165) is 53.9 Å². The lowest BCUT2D eigenvalue weighted by Gasteiger charge is -2.31. The van der Waals surface area contributed by atoms with E-state index >= 15 is 0 Å². The highest BCUT2D eigenvalue weighted by molar-refractivity contribution is 7.93. The number of amides is 1. The lowest BCUT2D eigenvalue weighted by atomic mass is 9.75. The third-order valence-electron chi connectivity index (χ3n) is 8.73. The van der Waals surface area contributed by atoms with Gasteiger partial charge in [0.05, 0.1) is 38.7 Å². The maximum absolute atomic E-state index is 13.7. The summed E-state index contributed by atoms with van der Waals surface area (Å²) in [7, 11) is -2.46. The van der Waals surface area contributed by atoms with Gasteiger partial charge < -0.3 is 10.2 Å². The summed E-state index contributed by atoms with van der Waals surface area (Å²) >= 11 is 0. The van der Waals surface area contributed by atoms with E-state index < -0.39 is 15.3 Å². The highest BCUT2D eigenvalue weighted by Gasteiger charge is 2.47. The molecule has 1 N–H and O–H groups in total. The van der Waals surface area contributed by atoms with E-state index in [-0.39, 0.29) is 23.6 Å². The first-order valence-corrected chi connectivity index (χ1v) is 16.2. The predicted molar refractivity (Wildman–Crippen MR) is 158 cm³/mol. The predicted octanol–water partition coefficient (Wildman–Crippen LogP) is 4.89. The number of nitriles is 2. The quantitative estimate of drug-likeness (QED) is 0.410. The van der Waals surface area contributed by atoms with Crippen molar-refractivity contribution in [2.45, 2.75) is 50.0 Å². The zero-order valence-corrected chi connectivity index (χ0v) is 24.0. The van der Waals surface area contributed by atoms with Gasteiger partial charge >= 0.3 is 0 Å². The van der Waals surface area contributed by atoms with Gasteiger partial charge in [-0.1, -0.05) is 25.0 Å². The first kappa shape index (κ1) is 27.9. The minimum absolute atomic E-state index is 0.0822. The molecular weight excluding hydrogens is 553 g/mol. The summed E-state index contributed by atoms with van der Waals surface area (Å²) < 4.78 is 31.7. The molecule has 2 unspecified atom stereocenters. The van der Waals surface area contributed by atoms with Gasteiger partial charge in [-0.2, -0.15) is 15.6 Å². The average molecular weight is 586 g/mol. The number of anilines is 1. The molecular formula is C31H32FN7O2S. The second-order valence-electron chi connectivity index (χ2n) is 11.4. The van der Waals surface area contributed by atoms with Crippen molar-refractivity contribution >= 4 is 21.3 Å². The summed E-state index contributed by atoms with van der Waals surface area (Å²) in [6.07, 6.45) is 8.48. The molecule has 9 nitrogen and oxygen atoms in total. The van der Waals surface area contributed by atoms with E-state index in [1.807, 2.05) is 30.5 Å². The molecule has 11 heteroatoms. The standard InChI is InChI=1S/C31H32FN7O2S/c32-23-7-11-25(12-8-23)39-19-28(22-5-9-24(10-6-22)38-15-17-42(41,18-16-38)35-21-34)29(37-39)26-3-1-2-4-27(26)30(40)36-31(20-33)13-14-31/h5-12,19,26-27H,1-4,13-18H2,(H,36,40). The fourth-order valence-electron chi connectivity index (χ4n) is 6.10. The second kappa shape index (κ2) is 11.2. The molecule has 3 fully saturated rings. The summed E-state index contributed by atoms with van der Waals surface area (Å²) in [5, 5.41) is 26.4. The molecule has 3 aromatic rings. The fourth-order valence-corrected chi connectivity index (χ4v) is 7.64. The Morgan fingerprint density at radius 3 is 2.33 bits per heavy atom. The van der Waals surface area contributed by atoms with Gasteiger partial charge in [-0.25, -0.2) is 13.3 Å². The molecule has 2 aliphatic carbocycles. The number of nitrogens with zero attached hydrogens (tertiary/aromatic N) is 6. The summed E-state index contributed by atoms with van der Waals surface area (Å²) in [5.41, 5.74) is 3.67. The average Bonchev–Trinajstić information content (AvgIpc) is 3.64. The number of hydrogen-bond donors (Lipinski definition) is 1. The van der Waals surface area contributed by atoms with Crippen LogP contribution in [0.25, 0.3) is 16.8 Å². The van der Waals surface area contributed by atoms with E-state index in [1.165, 1.54) is 12.1 Å². The molecule has 1 saturated heterocycles. The van der Waals surface area contributed by atoms with Crippen molar-refractivity contribution in [2.24, 2.45) is 10.3 Å². The van der Waals surface area contributed by atoms with E-state index in [9.17, 15) is 18.7 Å². The number of carbonyl (C=O) groups is 1. The Morgan fingerprint density at radius 1 is 1.02 bits per heavy atom. The number of hydrogen-bond acceptors (Lipinski definition) is 7. The third kappa shape index (κ3) is 5.62. The van der Waals surface area contributed by atoms with Crippen LogP contribution in [0.1, 0.15) is 50.1 Å². The minimum atomic E-state index is -2.46. The van der Waals surface area contributed by atoms with Gasteiger partial charge in [-0.3, -0.25) is 4.79 Å². The number of benzene rings is 2. The van der Waals surface area contributed by atoms with Crippen molar-refractivity contribution in [1.82, 2.24) is 15.1 Å². The smallest absolute Gasteiger partial charge is 0.225 e. The summed E-state index contributed by atoms with van der Waals surface area (Å²) in [6, 6.07) is 16.5. The lowest BCUT2D eigenvalue weighted by Crippen LogP contribution is -2.42. The van der Waals surface area contributed by atoms with Gasteiger partial charge in [0, 0.05) is 42.4 Å². The van der Waals surface area contributed by atoms with Gasteiger partial charge in [-0.05, 0) is 67.6 Å². The Labute approximate surface area is 245 Å². The van der Waals surface area contributed by atoms with Crippen molar-refractivity contribution in [2.75, 3.05) is 29.5 Å². The maximum atomic E-state index is 13.7. The molecule has 2 saturated carbocycles. The molecule has 2 aromatic carbocycles. The van der Waals surface area contributed by atoms with Crippen LogP contribution >= 0.6 is 0 Å². The van der Waals surface area contributed by atoms with E-state index in [4.69, 9.17) is 10.4 Å². The molecule has 42 heavy (non-hydrogen) atoms. The fraction of sp³-hybridized carbons (Fsp3) is 0.419. The van der Waals surface area contributed by atoms with E-state index in [1.54, 1.807) is 23.0 Å². The van der Waals surface area contributed by atoms with Crippen molar-refractivity contribution in [1.29, 1.82) is 10.5 Å². The number of aromatic nitrogens is 2. The zero-order valence-electron chi connectivity index (χ0n) is 23.2. The van der Waals surface area contributed by atoms with E-state index in [0.29, 0.717) is 37.4 Å². The highest BCUT2D eigenvalue weighted by atomic mass is 32.2. The highest BCUT2D eigenvalue weighted by Crippen LogP contribution is 2.43. The number of carbonyl (C=O) groups excluding carboxylic acids is 1. The molecule has 3 aliphatic rings. The molecule has 1 amide bonds. The summed E-state index contributed by atoms with van der Waals surface area (Å²) in [5.74, 6) is -0.108. The molecule has 1 aliphatic heterocycles. The Kier molecular flexibility index (Phi) is 7.46. The zero-order chi connectivity index (χ0) is 29.3. The topological polar surface area (TPSA) is 127 Å². The summed E-state index contributed by atoms with van der Waals surface area (Å²) in [4.78, 5) is 15.6. The Hall–Kier alpha value is -4.22. The van der Waals surface area contributed by atoms with Crippen molar-refractivity contribution in [3.8, 4) is 29.1 Å². The SMILES string of the molecule is N#CN=S1(=O)CCN(c2ccc(-c3cn(-c4ccc(F)cc4)nc3C3CCCCC3C(=O)NC3(C#N)CC3)cc2)CC1. The third-order valence-corrected chi connectivity index (χ3v) is 10.8. The van der Waals surface area contributed by atoms with E-state index in [2.05, 4.69) is 20.6 Å². The van der Waals surface area contributed by atoms with Crippen LogP contribution in [0.15, 0.2) is 59.1 Å².